The standard InChI is InChI=1S/C16H21NO2S/c1-11-7-5-6-8-12(11)19-10-14-17-15(16(2,3)4)13(9-18)20-14/h5-8,18H,9-10H2,1-4H3. The molecule has 0 bridgehead atoms. The lowest BCUT2D eigenvalue weighted by Crippen LogP contribution is -2.14. The van der Waals surface area contributed by atoms with Crippen LogP contribution >= 0.6 is 11.3 Å². The molecule has 1 heterocycles. The van der Waals surface area contributed by atoms with Gasteiger partial charge in [0.25, 0.3) is 0 Å². The van der Waals surface area contributed by atoms with E-state index >= 15 is 0 Å². The van der Waals surface area contributed by atoms with Crippen molar-refractivity contribution in [1.82, 2.24) is 4.98 Å². The molecule has 2 aromatic rings. The van der Waals surface area contributed by atoms with Gasteiger partial charge in [-0.15, -0.1) is 11.3 Å². The number of hydrogen-bond acceptors (Lipinski definition) is 4. The summed E-state index contributed by atoms with van der Waals surface area (Å²) in [4.78, 5) is 5.56. The highest BCUT2D eigenvalue weighted by Gasteiger charge is 2.22. The van der Waals surface area contributed by atoms with Gasteiger partial charge in [-0.25, -0.2) is 4.98 Å². The normalized spacial score (nSPS) is 11.7. The van der Waals surface area contributed by atoms with E-state index in [9.17, 15) is 5.11 Å². The van der Waals surface area contributed by atoms with Crippen molar-refractivity contribution >= 4 is 11.3 Å². The van der Waals surface area contributed by atoms with Gasteiger partial charge in [-0.3, -0.25) is 0 Å². The van der Waals surface area contributed by atoms with E-state index in [0.29, 0.717) is 6.61 Å². The second-order valence-corrected chi connectivity index (χ2v) is 7.01. The first-order valence-corrected chi connectivity index (χ1v) is 7.52. The lowest BCUT2D eigenvalue weighted by molar-refractivity contribution is 0.282. The first-order chi connectivity index (χ1) is 9.41. The molecule has 1 N–H and O–H groups in total. The van der Waals surface area contributed by atoms with Crippen LogP contribution in [0.4, 0.5) is 0 Å². The zero-order valence-electron chi connectivity index (χ0n) is 12.4. The number of ether oxygens (including phenoxy) is 1. The Kier molecular flexibility index (Phi) is 4.45. The third-order valence-corrected chi connectivity index (χ3v) is 4.05. The van der Waals surface area contributed by atoms with Crippen molar-refractivity contribution in [2.24, 2.45) is 0 Å². The Hall–Kier alpha value is -1.39. The van der Waals surface area contributed by atoms with Crippen molar-refractivity contribution in [3.8, 4) is 5.75 Å². The molecule has 2 rings (SSSR count). The summed E-state index contributed by atoms with van der Waals surface area (Å²) in [6.45, 7) is 8.82. The van der Waals surface area contributed by atoms with Crippen molar-refractivity contribution in [3.63, 3.8) is 0 Å². The summed E-state index contributed by atoms with van der Waals surface area (Å²) in [7, 11) is 0. The first kappa shape index (κ1) is 15.0. The summed E-state index contributed by atoms with van der Waals surface area (Å²) in [6, 6.07) is 7.94. The average Bonchev–Trinajstić information content (AvgIpc) is 2.81. The number of aliphatic hydroxyl groups is 1. The lowest BCUT2D eigenvalue weighted by Gasteiger charge is -2.16. The van der Waals surface area contributed by atoms with Crippen LogP contribution in [0.25, 0.3) is 0 Å². The van der Waals surface area contributed by atoms with E-state index in [2.05, 4.69) is 25.8 Å². The van der Waals surface area contributed by atoms with E-state index in [4.69, 9.17) is 4.74 Å². The van der Waals surface area contributed by atoms with Gasteiger partial charge in [-0.1, -0.05) is 39.0 Å². The molecule has 0 saturated carbocycles. The maximum atomic E-state index is 9.45. The molecular formula is C16H21NO2S. The zero-order chi connectivity index (χ0) is 14.8. The smallest absolute Gasteiger partial charge is 0.140 e. The van der Waals surface area contributed by atoms with Crippen LogP contribution in [0.2, 0.25) is 0 Å². The fourth-order valence-corrected chi connectivity index (χ4v) is 3.07. The van der Waals surface area contributed by atoms with Gasteiger partial charge >= 0.3 is 0 Å². The minimum absolute atomic E-state index is 0.0363. The van der Waals surface area contributed by atoms with Crippen LogP contribution in [0.5, 0.6) is 5.75 Å². The van der Waals surface area contributed by atoms with Crippen molar-refractivity contribution in [3.05, 3.63) is 45.4 Å². The minimum Gasteiger partial charge on any atom is -0.486 e. The number of para-hydroxylation sites is 1. The molecule has 0 amide bonds. The molecule has 0 unspecified atom stereocenters. The summed E-state index contributed by atoms with van der Waals surface area (Å²) in [6.07, 6.45) is 0. The number of aliphatic hydroxyl groups excluding tert-OH is 1. The molecule has 1 aromatic heterocycles. The Morgan fingerprint density at radius 1 is 1.25 bits per heavy atom. The fraction of sp³-hybridized carbons (Fsp3) is 0.438. The Morgan fingerprint density at radius 2 is 1.95 bits per heavy atom. The predicted octanol–water partition coefficient (Wildman–Crippen LogP) is 3.82. The maximum Gasteiger partial charge on any atom is 0.140 e. The van der Waals surface area contributed by atoms with Crippen LogP contribution in [-0.2, 0) is 18.6 Å². The van der Waals surface area contributed by atoms with Crippen LogP contribution in [0.1, 0.15) is 41.9 Å². The zero-order valence-corrected chi connectivity index (χ0v) is 13.3. The van der Waals surface area contributed by atoms with E-state index in [1.54, 1.807) is 0 Å². The molecule has 108 valence electrons. The fourth-order valence-electron chi connectivity index (χ4n) is 2.01. The molecule has 0 aliphatic heterocycles. The van der Waals surface area contributed by atoms with Crippen LogP contribution in [-0.4, -0.2) is 10.1 Å². The SMILES string of the molecule is Cc1ccccc1OCc1nc(C(C)(C)C)c(CO)s1. The number of rotatable bonds is 4. The third-order valence-electron chi connectivity index (χ3n) is 3.04. The highest BCUT2D eigenvalue weighted by atomic mass is 32.1. The van der Waals surface area contributed by atoms with E-state index in [1.165, 1.54) is 11.3 Å². The molecule has 1 aromatic carbocycles. The van der Waals surface area contributed by atoms with Crippen LogP contribution in [0, 0.1) is 6.92 Å². The molecule has 0 fully saturated rings. The molecule has 0 aliphatic carbocycles. The molecule has 3 nitrogen and oxygen atoms in total. The summed E-state index contributed by atoms with van der Waals surface area (Å²) >= 11 is 1.53. The number of nitrogens with zero attached hydrogens (tertiary/aromatic N) is 1. The second-order valence-electron chi connectivity index (χ2n) is 5.84. The van der Waals surface area contributed by atoms with Crippen molar-refractivity contribution < 1.29 is 9.84 Å². The predicted molar refractivity (Wildman–Crippen MR) is 82.2 cm³/mol. The third kappa shape index (κ3) is 3.38. The van der Waals surface area contributed by atoms with Crippen LogP contribution in [0.3, 0.4) is 0 Å². The number of aromatic nitrogens is 1. The molecule has 0 radical (unpaired) electrons. The molecular weight excluding hydrogens is 270 g/mol. The topological polar surface area (TPSA) is 42.4 Å². The quantitative estimate of drug-likeness (QED) is 0.931. The highest BCUT2D eigenvalue weighted by Crippen LogP contribution is 2.30. The van der Waals surface area contributed by atoms with E-state index < -0.39 is 0 Å². The van der Waals surface area contributed by atoms with Gasteiger partial charge in [0.15, 0.2) is 0 Å². The summed E-state index contributed by atoms with van der Waals surface area (Å²) in [5.41, 5.74) is 2.02. The molecule has 4 heteroatoms. The van der Waals surface area contributed by atoms with E-state index in [1.807, 2.05) is 31.2 Å². The number of hydrogen-bond donors (Lipinski definition) is 1. The molecule has 0 aliphatic rings. The Morgan fingerprint density at radius 3 is 2.50 bits per heavy atom. The van der Waals surface area contributed by atoms with Gasteiger partial charge in [-0.05, 0) is 18.6 Å². The van der Waals surface area contributed by atoms with Gasteiger partial charge in [-0.2, -0.15) is 0 Å². The minimum atomic E-state index is -0.0600. The molecule has 20 heavy (non-hydrogen) atoms. The van der Waals surface area contributed by atoms with Gasteiger partial charge in [0.05, 0.1) is 17.2 Å². The number of benzene rings is 1. The van der Waals surface area contributed by atoms with Gasteiger partial charge < -0.3 is 9.84 Å². The van der Waals surface area contributed by atoms with Crippen molar-refractivity contribution in [2.75, 3.05) is 0 Å². The van der Waals surface area contributed by atoms with Gasteiger partial charge in [0.1, 0.15) is 17.4 Å². The number of aryl methyl sites for hydroxylation is 1. The second kappa shape index (κ2) is 5.94. The first-order valence-electron chi connectivity index (χ1n) is 6.70. The molecule has 0 atom stereocenters. The monoisotopic (exact) mass is 291 g/mol. The maximum absolute atomic E-state index is 9.45. The van der Waals surface area contributed by atoms with Crippen LogP contribution < -0.4 is 4.74 Å². The Bertz CT molecular complexity index is 584. The van der Waals surface area contributed by atoms with Crippen molar-refractivity contribution in [1.29, 1.82) is 0 Å². The Labute approximate surface area is 124 Å². The van der Waals surface area contributed by atoms with Crippen molar-refractivity contribution in [2.45, 2.75) is 46.3 Å². The summed E-state index contributed by atoms with van der Waals surface area (Å²) in [5, 5.41) is 10.4. The summed E-state index contributed by atoms with van der Waals surface area (Å²) in [5.74, 6) is 0.880. The van der Waals surface area contributed by atoms with E-state index in [0.717, 1.165) is 26.9 Å². The summed E-state index contributed by atoms with van der Waals surface area (Å²) < 4.78 is 5.81. The van der Waals surface area contributed by atoms with Gasteiger partial charge in [0, 0.05) is 5.41 Å². The van der Waals surface area contributed by atoms with Crippen LogP contribution in [0.15, 0.2) is 24.3 Å². The number of thiazole rings is 1. The molecule has 0 saturated heterocycles. The Balaban J connectivity index is 2.15. The van der Waals surface area contributed by atoms with Gasteiger partial charge in [0.2, 0.25) is 0 Å². The largest absolute Gasteiger partial charge is 0.486 e. The molecule has 0 spiro atoms. The lowest BCUT2D eigenvalue weighted by atomic mass is 9.91. The van der Waals surface area contributed by atoms with E-state index in [-0.39, 0.29) is 12.0 Å². The highest BCUT2D eigenvalue weighted by molar-refractivity contribution is 7.11. The average molecular weight is 291 g/mol.